The van der Waals surface area contributed by atoms with Crippen LogP contribution >= 0.6 is 0 Å². The van der Waals surface area contributed by atoms with Crippen molar-refractivity contribution in [3.63, 3.8) is 0 Å². The van der Waals surface area contributed by atoms with Crippen LogP contribution in [0.25, 0.3) is 22.3 Å². The number of ether oxygens (including phenoxy) is 1. The van der Waals surface area contributed by atoms with Gasteiger partial charge in [0.1, 0.15) is 22.5 Å². The molecule has 0 fully saturated rings. The van der Waals surface area contributed by atoms with Crippen LogP contribution in [0, 0.1) is 0 Å². The molecule has 8 heteroatoms. The molecule has 4 rings (SSSR count). The van der Waals surface area contributed by atoms with Crippen LogP contribution in [0.1, 0.15) is 23.5 Å². The van der Waals surface area contributed by atoms with E-state index in [4.69, 9.17) is 9.15 Å². The van der Waals surface area contributed by atoms with Crippen molar-refractivity contribution >= 4 is 16.9 Å². The number of methoxy groups -OCH3 is 1. The SMILES string of the molecule is COC(=O)C[C@@H](c1ccc(O)cc1)c1c(O)c(O)c(O)c2c(=O)cc(-c3ccccc3)oc12. The zero-order valence-corrected chi connectivity index (χ0v) is 17.5. The van der Waals surface area contributed by atoms with Gasteiger partial charge in [0, 0.05) is 23.1 Å². The maximum Gasteiger partial charge on any atom is 0.306 e. The Hall–Kier alpha value is -4.46. The van der Waals surface area contributed by atoms with Crippen LogP contribution < -0.4 is 5.43 Å². The van der Waals surface area contributed by atoms with Crippen molar-refractivity contribution in [2.45, 2.75) is 12.3 Å². The van der Waals surface area contributed by atoms with Gasteiger partial charge in [-0.1, -0.05) is 42.5 Å². The molecule has 1 aromatic heterocycles. The first-order valence-corrected chi connectivity index (χ1v) is 9.97. The summed E-state index contributed by atoms with van der Waals surface area (Å²) in [5, 5.41) is 41.0. The summed E-state index contributed by atoms with van der Waals surface area (Å²) in [6.07, 6.45) is -0.284. The predicted molar refractivity (Wildman–Crippen MR) is 119 cm³/mol. The summed E-state index contributed by atoms with van der Waals surface area (Å²) < 4.78 is 10.8. The van der Waals surface area contributed by atoms with Crippen molar-refractivity contribution < 1.29 is 34.4 Å². The number of hydrogen-bond donors (Lipinski definition) is 4. The molecule has 0 radical (unpaired) electrons. The highest BCUT2D eigenvalue weighted by Crippen LogP contribution is 2.49. The lowest BCUT2D eigenvalue weighted by atomic mass is 9.86. The van der Waals surface area contributed by atoms with Crippen molar-refractivity contribution in [2.75, 3.05) is 7.11 Å². The molecule has 1 heterocycles. The molecule has 0 aliphatic rings. The van der Waals surface area contributed by atoms with Gasteiger partial charge in [0.25, 0.3) is 0 Å². The Labute approximate surface area is 187 Å². The minimum absolute atomic E-state index is 0.0175. The predicted octanol–water partition coefficient (Wildman–Crippen LogP) is 3.98. The van der Waals surface area contributed by atoms with Gasteiger partial charge < -0.3 is 29.6 Å². The van der Waals surface area contributed by atoms with Gasteiger partial charge in [0.2, 0.25) is 5.75 Å². The van der Waals surface area contributed by atoms with Gasteiger partial charge in [-0.2, -0.15) is 0 Å². The van der Waals surface area contributed by atoms with Gasteiger partial charge in [-0.3, -0.25) is 9.59 Å². The van der Waals surface area contributed by atoms with Gasteiger partial charge in [-0.05, 0) is 17.7 Å². The fraction of sp³-hybridized carbons (Fsp3) is 0.120. The van der Waals surface area contributed by atoms with Gasteiger partial charge in [-0.25, -0.2) is 0 Å². The summed E-state index contributed by atoms with van der Waals surface area (Å²) in [6.45, 7) is 0. The highest BCUT2D eigenvalue weighted by atomic mass is 16.5. The van der Waals surface area contributed by atoms with E-state index in [0.717, 1.165) is 0 Å². The molecule has 0 aliphatic heterocycles. The number of benzene rings is 3. The fourth-order valence-electron chi connectivity index (χ4n) is 3.78. The topological polar surface area (TPSA) is 137 Å². The number of carbonyl (C=O) groups excluding carboxylic acids is 1. The standard InChI is InChI=1S/C25H20O8/c1-32-19(28)11-16(13-7-9-15(26)10-8-13)20-22(29)24(31)23(30)21-17(27)12-18(33-25(20)21)14-5-3-2-4-6-14/h2-10,12,16,26,29-31H,11H2,1H3/t16-/m0/s1. The van der Waals surface area contributed by atoms with E-state index in [2.05, 4.69) is 0 Å². The van der Waals surface area contributed by atoms with Crippen LogP contribution in [-0.4, -0.2) is 33.5 Å². The van der Waals surface area contributed by atoms with E-state index in [0.29, 0.717) is 11.1 Å². The molecule has 4 aromatic rings. The maximum absolute atomic E-state index is 13.0. The zero-order chi connectivity index (χ0) is 23.7. The van der Waals surface area contributed by atoms with E-state index < -0.39 is 34.6 Å². The minimum Gasteiger partial charge on any atom is -0.508 e. The highest BCUT2D eigenvalue weighted by Gasteiger charge is 2.31. The number of carbonyl (C=O) groups is 1. The highest BCUT2D eigenvalue weighted by molar-refractivity contribution is 5.93. The number of rotatable bonds is 5. The van der Waals surface area contributed by atoms with E-state index in [9.17, 15) is 30.0 Å². The van der Waals surface area contributed by atoms with Crippen LogP contribution in [0.5, 0.6) is 23.0 Å². The lowest BCUT2D eigenvalue weighted by molar-refractivity contribution is -0.140. The summed E-state index contributed by atoms with van der Waals surface area (Å²) in [7, 11) is 1.20. The Bertz CT molecular complexity index is 1390. The van der Waals surface area contributed by atoms with Gasteiger partial charge in [-0.15, -0.1) is 0 Å². The summed E-state index contributed by atoms with van der Waals surface area (Å²) in [5.41, 5.74) is 0.130. The van der Waals surface area contributed by atoms with Gasteiger partial charge in [0.15, 0.2) is 16.9 Å². The number of fused-ring (bicyclic) bond motifs is 1. The van der Waals surface area contributed by atoms with E-state index in [1.54, 1.807) is 30.3 Å². The smallest absolute Gasteiger partial charge is 0.306 e. The fourth-order valence-corrected chi connectivity index (χ4v) is 3.78. The van der Waals surface area contributed by atoms with Crippen molar-refractivity contribution in [1.82, 2.24) is 0 Å². The second-order valence-electron chi connectivity index (χ2n) is 7.43. The molecule has 8 nitrogen and oxygen atoms in total. The van der Waals surface area contributed by atoms with Crippen molar-refractivity contribution in [2.24, 2.45) is 0 Å². The summed E-state index contributed by atoms with van der Waals surface area (Å²) >= 11 is 0. The molecule has 168 valence electrons. The normalized spacial score (nSPS) is 11.9. The number of phenols is 4. The van der Waals surface area contributed by atoms with Crippen molar-refractivity contribution in [1.29, 1.82) is 0 Å². The summed E-state index contributed by atoms with van der Waals surface area (Å²) in [4.78, 5) is 25.2. The Morgan fingerprint density at radius 2 is 1.61 bits per heavy atom. The van der Waals surface area contributed by atoms with E-state index in [1.165, 1.54) is 37.4 Å². The lowest BCUT2D eigenvalue weighted by Gasteiger charge is -2.21. The zero-order valence-electron chi connectivity index (χ0n) is 17.5. The average Bonchev–Trinajstić information content (AvgIpc) is 2.82. The molecule has 0 saturated heterocycles. The number of phenolic OH excluding ortho intramolecular Hbond substituents is 4. The Morgan fingerprint density at radius 1 is 0.939 bits per heavy atom. The molecule has 3 aromatic carbocycles. The second-order valence-corrected chi connectivity index (χ2v) is 7.43. The molecule has 0 bridgehead atoms. The molecule has 0 saturated carbocycles. The van der Waals surface area contributed by atoms with E-state index >= 15 is 0 Å². The van der Waals surface area contributed by atoms with Crippen LogP contribution in [0.4, 0.5) is 0 Å². The first-order chi connectivity index (χ1) is 15.8. The van der Waals surface area contributed by atoms with Crippen LogP contribution in [0.15, 0.2) is 69.9 Å². The summed E-state index contributed by atoms with van der Waals surface area (Å²) in [6, 6.07) is 15.7. The molecule has 33 heavy (non-hydrogen) atoms. The summed E-state index contributed by atoms with van der Waals surface area (Å²) in [5.74, 6) is -3.91. The molecular weight excluding hydrogens is 428 g/mol. The van der Waals surface area contributed by atoms with Crippen LogP contribution in [0.2, 0.25) is 0 Å². The third kappa shape index (κ3) is 3.94. The lowest BCUT2D eigenvalue weighted by Crippen LogP contribution is -2.12. The van der Waals surface area contributed by atoms with Crippen molar-refractivity contribution in [3.8, 4) is 34.3 Å². The van der Waals surface area contributed by atoms with E-state index in [1.807, 2.05) is 0 Å². The largest absolute Gasteiger partial charge is 0.508 e. The average molecular weight is 448 g/mol. The third-order valence-electron chi connectivity index (χ3n) is 5.43. The quantitative estimate of drug-likeness (QED) is 0.266. The number of esters is 1. The van der Waals surface area contributed by atoms with E-state index in [-0.39, 0.29) is 34.5 Å². The number of hydrogen-bond acceptors (Lipinski definition) is 8. The van der Waals surface area contributed by atoms with Gasteiger partial charge >= 0.3 is 5.97 Å². The first-order valence-electron chi connectivity index (χ1n) is 9.97. The third-order valence-corrected chi connectivity index (χ3v) is 5.43. The molecule has 0 amide bonds. The molecular formula is C25H20O8. The maximum atomic E-state index is 13.0. The Balaban J connectivity index is 2.08. The molecule has 0 aliphatic carbocycles. The second kappa shape index (κ2) is 8.58. The monoisotopic (exact) mass is 448 g/mol. The molecule has 4 N–H and O–H groups in total. The van der Waals surface area contributed by atoms with Crippen molar-refractivity contribution in [3.05, 3.63) is 82.0 Å². The van der Waals surface area contributed by atoms with Crippen LogP contribution in [0.3, 0.4) is 0 Å². The first kappa shape index (κ1) is 21.8. The Morgan fingerprint density at radius 3 is 2.24 bits per heavy atom. The number of aromatic hydroxyl groups is 4. The molecule has 0 unspecified atom stereocenters. The molecule has 0 spiro atoms. The van der Waals surface area contributed by atoms with Gasteiger partial charge in [0.05, 0.1) is 13.5 Å². The van der Waals surface area contributed by atoms with Crippen LogP contribution in [-0.2, 0) is 9.53 Å². The molecule has 1 atom stereocenters. The Kier molecular flexibility index (Phi) is 5.66. The minimum atomic E-state index is -0.943.